The van der Waals surface area contributed by atoms with Crippen LogP contribution in [0.1, 0.15) is 17.3 Å². The molecular formula is C19H21ClN2O6S2. The van der Waals surface area contributed by atoms with Crippen molar-refractivity contribution in [1.82, 2.24) is 9.21 Å². The maximum atomic E-state index is 12.6. The molecule has 1 aromatic heterocycles. The Morgan fingerprint density at radius 3 is 2.30 bits per heavy atom. The zero-order chi connectivity index (χ0) is 21.7. The van der Waals surface area contributed by atoms with Crippen LogP contribution in [0.2, 0.25) is 4.34 Å². The van der Waals surface area contributed by atoms with Gasteiger partial charge in [0.05, 0.1) is 16.5 Å². The van der Waals surface area contributed by atoms with Crippen LogP contribution in [0.4, 0.5) is 0 Å². The quantitative estimate of drug-likeness (QED) is 0.575. The number of esters is 1. The fourth-order valence-corrected chi connectivity index (χ4v) is 5.94. The van der Waals surface area contributed by atoms with Gasteiger partial charge in [-0.05, 0) is 43.3 Å². The van der Waals surface area contributed by atoms with E-state index in [1.165, 1.54) is 10.4 Å². The predicted molar refractivity (Wildman–Crippen MR) is 113 cm³/mol. The molecule has 1 saturated heterocycles. The lowest BCUT2D eigenvalue weighted by atomic mass is 10.2. The molecule has 1 aromatic carbocycles. The van der Waals surface area contributed by atoms with E-state index >= 15 is 0 Å². The molecule has 3 rings (SSSR count). The van der Waals surface area contributed by atoms with Crippen LogP contribution in [0.15, 0.2) is 40.6 Å². The highest BCUT2D eigenvalue weighted by Gasteiger charge is 2.31. The third kappa shape index (κ3) is 5.31. The SMILES string of the molecule is CCOC(=O)c1ccc(OCC(=O)N2CCN(S(=O)(=O)c3ccc(Cl)s3)CC2)cc1. The summed E-state index contributed by atoms with van der Waals surface area (Å²) in [5.41, 5.74) is 0.403. The lowest BCUT2D eigenvalue weighted by Gasteiger charge is -2.33. The molecule has 1 amide bonds. The molecule has 162 valence electrons. The number of sulfonamides is 1. The van der Waals surface area contributed by atoms with Crippen molar-refractivity contribution < 1.29 is 27.5 Å². The largest absolute Gasteiger partial charge is 0.484 e. The van der Waals surface area contributed by atoms with Gasteiger partial charge in [-0.3, -0.25) is 4.79 Å². The Morgan fingerprint density at radius 1 is 1.07 bits per heavy atom. The molecule has 1 aliphatic heterocycles. The van der Waals surface area contributed by atoms with Crippen molar-refractivity contribution in [3.63, 3.8) is 0 Å². The van der Waals surface area contributed by atoms with Gasteiger partial charge in [0.25, 0.3) is 15.9 Å². The number of nitrogens with zero attached hydrogens (tertiary/aromatic N) is 2. The van der Waals surface area contributed by atoms with Crippen molar-refractivity contribution in [3.05, 3.63) is 46.3 Å². The van der Waals surface area contributed by atoms with E-state index in [0.717, 1.165) is 11.3 Å². The third-order valence-electron chi connectivity index (χ3n) is 4.46. The molecule has 30 heavy (non-hydrogen) atoms. The second-order valence-electron chi connectivity index (χ2n) is 6.38. The third-order valence-corrected chi connectivity index (χ3v) is 8.06. The molecule has 0 atom stereocenters. The van der Waals surface area contributed by atoms with Gasteiger partial charge >= 0.3 is 5.97 Å². The summed E-state index contributed by atoms with van der Waals surface area (Å²) in [5.74, 6) is -0.203. The first-order chi connectivity index (χ1) is 14.3. The molecule has 0 saturated carbocycles. The van der Waals surface area contributed by atoms with Crippen molar-refractivity contribution in [2.45, 2.75) is 11.1 Å². The second-order valence-corrected chi connectivity index (χ2v) is 10.3. The van der Waals surface area contributed by atoms with Crippen molar-refractivity contribution >= 4 is 44.8 Å². The Kier molecular flexibility index (Phi) is 7.35. The molecule has 2 heterocycles. The minimum atomic E-state index is -3.60. The van der Waals surface area contributed by atoms with Crippen molar-refractivity contribution in [2.24, 2.45) is 0 Å². The number of carbonyl (C=O) groups is 2. The summed E-state index contributed by atoms with van der Waals surface area (Å²) in [6, 6.07) is 9.36. The molecule has 0 bridgehead atoms. The zero-order valence-electron chi connectivity index (χ0n) is 16.2. The van der Waals surface area contributed by atoms with Crippen LogP contribution in [0.25, 0.3) is 0 Å². The van der Waals surface area contributed by atoms with Crippen LogP contribution in [0.5, 0.6) is 5.75 Å². The minimum absolute atomic E-state index is 0.175. The smallest absolute Gasteiger partial charge is 0.338 e. The fraction of sp³-hybridized carbons (Fsp3) is 0.368. The number of piperazine rings is 1. The van der Waals surface area contributed by atoms with Crippen LogP contribution in [0, 0.1) is 0 Å². The zero-order valence-corrected chi connectivity index (χ0v) is 18.6. The molecule has 2 aromatic rings. The highest BCUT2D eigenvalue weighted by atomic mass is 35.5. The summed E-state index contributed by atoms with van der Waals surface area (Å²) in [4.78, 5) is 25.6. The molecule has 0 unspecified atom stereocenters. The van der Waals surface area contributed by atoms with Crippen LogP contribution >= 0.6 is 22.9 Å². The number of thiophene rings is 1. The van der Waals surface area contributed by atoms with Gasteiger partial charge in [0.2, 0.25) is 0 Å². The summed E-state index contributed by atoms with van der Waals surface area (Å²) in [6.07, 6.45) is 0. The summed E-state index contributed by atoms with van der Waals surface area (Å²) < 4.78 is 37.6. The van der Waals surface area contributed by atoms with Crippen LogP contribution < -0.4 is 4.74 Å². The second kappa shape index (κ2) is 9.78. The first kappa shape index (κ1) is 22.5. The summed E-state index contributed by atoms with van der Waals surface area (Å²) in [7, 11) is -3.60. The normalized spacial score (nSPS) is 15.1. The number of benzene rings is 1. The molecule has 1 fully saturated rings. The molecule has 0 spiro atoms. The average molecular weight is 473 g/mol. The highest BCUT2D eigenvalue weighted by Crippen LogP contribution is 2.28. The Morgan fingerprint density at radius 2 is 1.73 bits per heavy atom. The van der Waals surface area contributed by atoms with Crippen molar-refractivity contribution in [1.29, 1.82) is 0 Å². The Hall–Kier alpha value is -2.14. The van der Waals surface area contributed by atoms with E-state index in [1.807, 2.05) is 0 Å². The van der Waals surface area contributed by atoms with Crippen LogP contribution in [0.3, 0.4) is 0 Å². The molecular weight excluding hydrogens is 452 g/mol. The lowest BCUT2D eigenvalue weighted by molar-refractivity contribution is -0.134. The van der Waals surface area contributed by atoms with Crippen LogP contribution in [-0.2, 0) is 19.6 Å². The van der Waals surface area contributed by atoms with Crippen LogP contribution in [-0.4, -0.2) is 68.9 Å². The monoisotopic (exact) mass is 472 g/mol. The van der Waals surface area contributed by atoms with Gasteiger partial charge < -0.3 is 14.4 Å². The number of amides is 1. The molecule has 0 N–H and O–H groups in total. The van der Waals surface area contributed by atoms with Gasteiger partial charge in [0.15, 0.2) is 6.61 Å². The van der Waals surface area contributed by atoms with E-state index in [2.05, 4.69) is 0 Å². The minimum Gasteiger partial charge on any atom is -0.484 e. The van der Waals surface area contributed by atoms with Gasteiger partial charge in [0, 0.05) is 26.2 Å². The highest BCUT2D eigenvalue weighted by molar-refractivity contribution is 7.91. The Labute approximate surface area is 184 Å². The van der Waals surface area contributed by atoms with Gasteiger partial charge in [-0.25, -0.2) is 13.2 Å². The first-order valence-electron chi connectivity index (χ1n) is 9.24. The maximum Gasteiger partial charge on any atom is 0.338 e. The van der Waals surface area contributed by atoms with Crippen molar-refractivity contribution in [2.75, 3.05) is 39.4 Å². The summed E-state index contributed by atoms with van der Waals surface area (Å²) in [5, 5.41) is 0. The number of ether oxygens (including phenoxy) is 2. The van der Waals surface area contributed by atoms with E-state index < -0.39 is 16.0 Å². The Bertz CT molecular complexity index is 998. The number of rotatable bonds is 7. The average Bonchev–Trinajstić information content (AvgIpc) is 3.20. The number of hydrogen-bond acceptors (Lipinski definition) is 7. The van der Waals surface area contributed by atoms with Gasteiger partial charge in [-0.15, -0.1) is 11.3 Å². The first-order valence-corrected chi connectivity index (χ1v) is 11.9. The summed E-state index contributed by atoms with van der Waals surface area (Å²) in [6.45, 7) is 2.82. The number of carbonyl (C=O) groups excluding carboxylic acids is 2. The fourth-order valence-electron chi connectivity index (χ4n) is 2.88. The standard InChI is InChI=1S/C19H21ClN2O6S2/c1-2-27-19(24)14-3-5-15(6-4-14)28-13-17(23)21-9-11-22(12-10-21)30(25,26)18-8-7-16(20)29-18/h3-8H,2,9-13H2,1H3. The van der Waals surface area contributed by atoms with E-state index in [-0.39, 0.29) is 42.9 Å². The predicted octanol–water partition coefficient (Wildman–Crippen LogP) is 2.49. The number of hydrogen-bond donors (Lipinski definition) is 0. The van der Waals surface area contributed by atoms with E-state index in [9.17, 15) is 18.0 Å². The van der Waals surface area contributed by atoms with Gasteiger partial charge in [-0.1, -0.05) is 11.6 Å². The van der Waals surface area contributed by atoms with Gasteiger partial charge in [0.1, 0.15) is 9.96 Å². The number of halogens is 1. The molecule has 1 aliphatic rings. The van der Waals surface area contributed by atoms with Crippen molar-refractivity contribution in [3.8, 4) is 5.75 Å². The van der Waals surface area contributed by atoms with E-state index in [0.29, 0.717) is 22.3 Å². The Balaban J connectivity index is 1.49. The molecule has 8 nitrogen and oxygen atoms in total. The molecule has 11 heteroatoms. The lowest BCUT2D eigenvalue weighted by Crippen LogP contribution is -2.51. The molecule has 0 radical (unpaired) electrons. The van der Waals surface area contributed by atoms with E-state index in [4.69, 9.17) is 21.1 Å². The van der Waals surface area contributed by atoms with Gasteiger partial charge in [-0.2, -0.15) is 4.31 Å². The topological polar surface area (TPSA) is 93.2 Å². The maximum absolute atomic E-state index is 12.6. The molecule has 0 aliphatic carbocycles. The summed E-state index contributed by atoms with van der Waals surface area (Å²) >= 11 is 6.85. The van der Waals surface area contributed by atoms with E-state index in [1.54, 1.807) is 42.2 Å².